The van der Waals surface area contributed by atoms with Gasteiger partial charge >= 0.3 is 0 Å². The quantitative estimate of drug-likeness (QED) is 0.734. The maximum absolute atomic E-state index is 9.20. The Morgan fingerprint density at radius 2 is 1.80 bits per heavy atom. The zero-order chi connectivity index (χ0) is 10.5. The van der Waals surface area contributed by atoms with Gasteiger partial charge in [-0.2, -0.15) is 0 Å². The summed E-state index contributed by atoms with van der Waals surface area (Å²) in [5, 5.41) is 9.20. The lowest BCUT2D eigenvalue weighted by atomic mass is 10.2. The SMILES string of the molecule is OCC1CCCN1CCCN1CCCC1. The maximum Gasteiger partial charge on any atom is 0.0586 e. The second-order valence-corrected chi connectivity index (χ2v) is 4.92. The lowest BCUT2D eigenvalue weighted by molar-refractivity contribution is 0.153. The molecule has 1 unspecified atom stereocenters. The molecule has 0 aromatic rings. The van der Waals surface area contributed by atoms with Gasteiger partial charge in [0, 0.05) is 6.04 Å². The number of aliphatic hydroxyl groups is 1. The van der Waals surface area contributed by atoms with Crippen molar-refractivity contribution >= 4 is 0 Å². The third-order valence-corrected chi connectivity index (χ3v) is 3.83. The smallest absolute Gasteiger partial charge is 0.0586 e. The summed E-state index contributed by atoms with van der Waals surface area (Å²) in [6, 6.07) is 0.462. The average molecular weight is 212 g/mol. The van der Waals surface area contributed by atoms with Crippen LogP contribution in [0.4, 0.5) is 0 Å². The van der Waals surface area contributed by atoms with Crippen molar-refractivity contribution in [3.05, 3.63) is 0 Å². The zero-order valence-electron chi connectivity index (χ0n) is 9.70. The van der Waals surface area contributed by atoms with Gasteiger partial charge in [-0.25, -0.2) is 0 Å². The Morgan fingerprint density at radius 3 is 2.53 bits per heavy atom. The van der Waals surface area contributed by atoms with E-state index >= 15 is 0 Å². The van der Waals surface area contributed by atoms with Crippen molar-refractivity contribution < 1.29 is 5.11 Å². The monoisotopic (exact) mass is 212 g/mol. The van der Waals surface area contributed by atoms with E-state index in [2.05, 4.69) is 9.80 Å². The van der Waals surface area contributed by atoms with Crippen LogP contribution in [0.2, 0.25) is 0 Å². The number of hydrogen-bond donors (Lipinski definition) is 1. The molecule has 1 N–H and O–H groups in total. The summed E-state index contributed by atoms with van der Waals surface area (Å²) in [5.41, 5.74) is 0. The van der Waals surface area contributed by atoms with E-state index in [1.807, 2.05) is 0 Å². The molecular weight excluding hydrogens is 188 g/mol. The van der Waals surface area contributed by atoms with E-state index in [0.717, 1.165) is 0 Å². The number of rotatable bonds is 5. The lowest BCUT2D eigenvalue weighted by Gasteiger charge is -2.23. The fourth-order valence-electron chi connectivity index (χ4n) is 2.90. The second kappa shape index (κ2) is 5.83. The first-order valence-electron chi connectivity index (χ1n) is 6.47. The standard InChI is InChI=1S/C12H24N2O/c15-11-12-5-3-9-14(12)10-4-8-13-6-1-2-7-13/h12,15H,1-11H2. The summed E-state index contributed by atoms with van der Waals surface area (Å²) in [4.78, 5) is 5.04. The summed E-state index contributed by atoms with van der Waals surface area (Å²) in [5.74, 6) is 0. The zero-order valence-corrected chi connectivity index (χ0v) is 9.70. The largest absolute Gasteiger partial charge is 0.395 e. The van der Waals surface area contributed by atoms with Gasteiger partial charge in [0.1, 0.15) is 0 Å². The molecule has 15 heavy (non-hydrogen) atoms. The first-order valence-corrected chi connectivity index (χ1v) is 6.47. The lowest BCUT2D eigenvalue weighted by Crippen LogP contribution is -2.34. The molecule has 0 saturated carbocycles. The number of likely N-dealkylation sites (tertiary alicyclic amines) is 2. The Balaban J connectivity index is 1.60. The first kappa shape index (κ1) is 11.4. The molecular formula is C12H24N2O. The first-order chi connectivity index (χ1) is 7.40. The topological polar surface area (TPSA) is 26.7 Å². The van der Waals surface area contributed by atoms with E-state index in [-0.39, 0.29) is 0 Å². The minimum Gasteiger partial charge on any atom is -0.395 e. The minimum absolute atomic E-state index is 0.351. The van der Waals surface area contributed by atoms with Crippen LogP contribution in [-0.4, -0.2) is 60.3 Å². The highest BCUT2D eigenvalue weighted by Gasteiger charge is 2.23. The molecule has 1 atom stereocenters. The molecule has 2 heterocycles. The van der Waals surface area contributed by atoms with Crippen molar-refractivity contribution in [2.75, 3.05) is 39.3 Å². The molecule has 2 saturated heterocycles. The van der Waals surface area contributed by atoms with E-state index in [4.69, 9.17) is 0 Å². The van der Waals surface area contributed by atoms with Gasteiger partial charge in [-0.05, 0) is 64.8 Å². The van der Waals surface area contributed by atoms with Crippen molar-refractivity contribution in [3.63, 3.8) is 0 Å². The molecule has 0 bridgehead atoms. The molecule has 2 aliphatic heterocycles. The fraction of sp³-hybridized carbons (Fsp3) is 1.00. The van der Waals surface area contributed by atoms with E-state index in [9.17, 15) is 5.11 Å². The fourth-order valence-corrected chi connectivity index (χ4v) is 2.90. The van der Waals surface area contributed by atoms with Crippen molar-refractivity contribution in [2.45, 2.75) is 38.1 Å². The summed E-state index contributed by atoms with van der Waals surface area (Å²) in [6.07, 6.45) is 6.53. The van der Waals surface area contributed by atoms with Crippen LogP contribution in [0.5, 0.6) is 0 Å². The third-order valence-electron chi connectivity index (χ3n) is 3.83. The predicted molar refractivity (Wildman–Crippen MR) is 62.0 cm³/mol. The van der Waals surface area contributed by atoms with Crippen molar-refractivity contribution in [3.8, 4) is 0 Å². The van der Waals surface area contributed by atoms with Gasteiger partial charge < -0.3 is 10.0 Å². The van der Waals surface area contributed by atoms with Crippen LogP contribution in [-0.2, 0) is 0 Å². The van der Waals surface area contributed by atoms with Crippen molar-refractivity contribution in [1.29, 1.82) is 0 Å². The van der Waals surface area contributed by atoms with Crippen LogP contribution >= 0.6 is 0 Å². The van der Waals surface area contributed by atoms with Crippen LogP contribution in [0.1, 0.15) is 32.1 Å². The number of nitrogens with zero attached hydrogens (tertiary/aromatic N) is 2. The van der Waals surface area contributed by atoms with Gasteiger partial charge in [0.2, 0.25) is 0 Å². The van der Waals surface area contributed by atoms with Crippen LogP contribution in [0.15, 0.2) is 0 Å². The molecule has 0 aliphatic carbocycles. The van der Waals surface area contributed by atoms with Gasteiger partial charge in [-0.3, -0.25) is 4.90 Å². The molecule has 0 spiro atoms. The van der Waals surface area contributed by atoms with E-state index < -0.39 is 0 Å². The van der Waals surface area contributed by atoms with Crippen molar-refractivity contribution in [1.82, 2.24) is 9.80 Å². The number of hydrogen-bond acceptors (Lipinski definition) is 3. The Kier molecular flexibility index (Phi) is 4.42. The van der Waals surface area contributed by atoms with Gasteiger partial charge in [-0.15, -0.1) is 0 Å². The molecule has 3 nitrogen and oxygen atoms in total. The minimum atomic E-state index is 0.351. The summed E-state index contributed by atoms with van der Waals surface area (Å²) < 4.78 is 0. The Labute approximate surface area is 93.1 Å². The van der Waals surface area contributed by atoms with Crippen molar-refractivity contribution in [2.24, 2.45) is 0 Å². The highest BCUT2D eigenvalue weighted by molar-refractivity contribution is 4.78. The van der Waals surface area contributed by atoms with E-state index in [1.165, 1.54) is 64.8 Å². The molecule has 0 aromatic heterocycles. The molecule has 0 radical (unpaired) electrons. The molecule has 0 amide bonds. The predicted octanol–water partition coefficient (Wildman–Crippen LogP) is 0.929. The highest BCUT2D eigenvalue weighted by Crippen LogP contribution is 2.17. The van der Waals surface area contributed by atoms with Crippen LogP contribution < -0.4 is 0 Å². The van der Waals surface area contributed by atoms with Crippen LogP contribution in [0, 0.1) is 0 Å². The summed E-state index contributed by atoms with van der Waals surface area (Å²) in [7, 11) is 0. The molecule has 0 aromatic carbocycles. The Morgan fingerprint density at radius 1 is 1.00 bits per heavy atom. The summed E-state index contributed by atoms with van der Waals surface area (Å²) in [6.45, 7) is 6.61. The molecule has 2 fully saturated rings. The normalized spacial score (nSPS) is 29.0. The summed E-state index contributed by atoms with van der Waals surface area (Å²) >= 11 is 0. The van der Waals surface area contributed by atoms with E-state index in [1.54, 1.807) is 0 Å². The second-order valence-electron chi connectivity index (χ2n) is 4.92. The van der Waals surface area contributed by atoms with Gasteiger partial charge in [-0.1, -0.05) is 0 Å². The Hall–Kier alpha value is -0.120. The Bertz CT molecular complexity index is 180. The molecule has 2 aliphatic rings. The van der Waals surface area contributed by atoms with Crippen LogP contribution in [0.25, 0.3) is 0 Å². The molecule has 2 rings (SSSR count). The maximum atomic E-state index is 9.20. The molecule has 88 valence electrons. The third kappa shape index (κ3) is 3.16. The molecule has 3 heteroatoms. The highest BCUT2D eigenvalue weighted by atomic mass is 16.3. The van der Waals surface area contributed by atoms with Gasteiger partial charge in [0.05, 0.1) is 6.61 Å². The van der Waals surface area contributed by atoms with Gasteiger partial charge in [0.15, 0.2) is 0 Å². The van der Waals surface area contributed by atoms with E-state index in [0.29, 0.717) is 12.6 Å². The van der Waals surface area contributed by atoms with Gasteiger partial charge in [0.25, 0.3) is 0 Å². The number of aliphatic hydroxyl groups excluding tert-OH is 1. The van der Waals surface area contributed by atoms with Crippen LogP contribution in [0.3, 0.4) is 0 Å². The average Bonchev–Trinajstić information content (AvgIpc) is 2.88.